The third-order valence-electron chi connectivity index (χ3n) is 4.34. The number of rotatable bonds is 4. The molecule has 1 unspecified atom stereocenters. The maximum absolute atomic E-state index is 6.31. The summed E-state index contributed by atoms with van der Waals surface area (Å²) in [7, 11) is 2.05. The van der Waals surface area contributed by atoms with Crippen LogP contribution in [0.5, 0.6) is 0 Å². The second-order valence-corrected chi connectivity index (χ2v) is 7.37. The van der Waals surface area contributed by atoms with Crippen molar-refractivity contribution in [1.29, 1.82) is 0 Å². The van der Waals surface area contributed by atoms with Gasteiger partial charge in [-0.1, -0.05) is 36.2 Å². The molecule has 0 saturated heterocycles. The van der Waals surface area contributed by atoms with Crippen LogP contribution in [0.3, 0.4) is 0 Å². The number of thiophene rings is 1. The van der Waals surface area contributed by atoms with Gasteiger partial charge in [-0.2, -0.15) is 0 Å². The van der Waals surface area contributed by atoms with Crippen molar-refractivity contribution in [2.75, 3.05) is 7.05 Å². The maximum atomic E-state index is 6.31. The molecular weight excluding hydrogens is 298 g/mol. The Hall–Kier alpha value is -0.830. The Bertz CT molecular complexity index is 582. The summed E-state index contributed by atoms with van der Waals surface area (Å²) in [6.45, 7) is 0. The first-order valence-corrected chi connectivity index (χ1v) is 8.99. The smallest absolute Gasteiger partial charge is 0.0453 e. The van der Waals surface area contributed by atoms with Gasteiger partial charge < -0.3 is 5.32 Å². The molecule has 21 heavy (non-hydrogen) atoms. The van der Waals surface area contributed by atoms with Crippen LogP contribution in [-0.2, 0) is 19.3 Å². The van der Waals surface area contributed by atoms with E-state index in [-0.39, 0.29) is 0 Å². The second kappa shape index (κ2) is 6.95. The van der Waals surface area contributed by atoms with E-state index in [2.05, 4.69) is 23.5 Å². The van der Waals surface area contributed by atoms with Crippen LogP contribution in [0.1, 0.15) is 46.2 Å². The molecule has 1 nitrogen and oxygen atoms in total. The van der Waals surface area contributed by atoms with E-state index in [4.69, 9.17) is 11.6 Å². The highest BCUT2D eigenvalue weighted by Crippen LogP contribution is 2.34. The van der Waals surface area contributed by atoms with E-state index in [0.717, 1.165) is 11.4 Å². The van der Waals surface area contributed by atoms with E-state index in [0.29, 0.717) is 6.04 Å². The molecule has 3 heteroatoms. The summed E-state index contributed by atoms with van der Waals surface area (Å²) in [6.07, 6.45) is 7.55. The fourth-order valence-corrected chi connectivity index (χ4v) is 4.67. The molecule has 1 aliphatic rings. The Kier molecular flexibility index (Phi) is 4.99. The van der Waals surface area contributed by atoms with Gasteiger partial charge in [-0.25, -0.2) is 0 Å². The third-order valence-corrected chi connectivity index (χ3v) is 6.06. The van der Waals surface area contributed by atoms with Crippen LogP contribution < -0.4 is 5.32 Å². The molecule has 1 heterocycles. The van der Waals surface area contributed by atoms with Crippen molar-refractivity contribution in [3.63, 3.8) is 0 Å². The van der Waals surface area contributed by atoms with Gasteiger partial charge in [0.05, 0.1) is 0 Å². The van der Waals surface area contributed by atoms with Crippen LogP contribution in [0.15, 0.2) is 30.3 Å². The molecule has 1 aliphatic carbocycles. The van der Waals surface area contributed by atoms with Crippen molar-refractivity contribution >= 4 is 22.9 Å². The molecule has 0 amide bonds. The van der Waals surface area contributed by atoms with Crippen LogP contribution in [0, 0.1) is 0 Å². The fraction of sp³-hybridized carbons (Fsp3) is 0.444. The predicted octanol–water partition coefficient (Wildman–Crippen LogP) is 5.17. The molecule has 1 aromatic carbocycles. The number of hydrogen-bond donors (Lipinski definition) is 1. The van der Waals surface area contributed by atoms with E-state index in [1.54, 1.807) is 10.4 Å². The molecule has 0 aliphatic heterocycles. The average Bonchev–Trinajstić information content (AvgIpc) is 2.77. The molecular formula is C18H22ClNS. The van der Waals surface area contributed by atoms with E-state index < -0.39 is 0 Å². The van der Waals surface area contributed by atoms with E-state index in [1.165, 1.54) is 42.5 Å². The van der Waals surface area contributed by atoms with E-state index in [9.17, 15) is 0 Å². The minimum Gasteiger partial charge on any atom is -0.312 e. The van der Waals surface area contributed by atoms with Crippen LogP contribution in [-0.4, -0.2) is 7.05 Å². The van der Waals surface area contributed by atoms with Gasteiger partial charge in [-0.15, -0.1) is 11.3 Å². The summed E-state index contributed by atoms with van der Waals surface area (Å²) in [6, 6.07) is 11.0. The first-order chi connectivity index (χ1) is 10.3. The van der Waals surface area contributed by atoms with Gasteiger partial charge in [0, 0.05) is 20.8 Å². The highest BCUT2D eigenvalue weighted by molar-refractivity contribution is 7.12. The van der Waals surface area contributed by atoms with E-state index >= 15 is 0 Å². The Morgan fingerprint density at radius 1 is 1.19 bits per heavy atom. The number of aryl methyl sites for hydroxylation is 2. The van der Waals surface area contributed by atoms with Crippen LogP contribution in [0.4, 0.5) is 0 Å². The standard InChI is InChI=1S/C18H22ClNS/c1-20-16(11-13-7-5-6-9-15(13)19)18-12-14-8-3-2-4-10-17(14)21-18/h5-7,9,12,16,20H,2-4,8,10-11H2,1H3. The summed E-state index contributed by atoms with van der Waals surface area (Å²) in [4.78, 5) is 3.08. The van der Waals surface area contributed by atoms with Gasteiger partial charge in [0.2, 0.25) is 0 Å². The van der Waals surface area contributed by atoms with Gasteiger partial charge in [0.15, 0.2) is 0 Å². The average molecular weight is 320 g/mol. The summed E-state index contributed by atoms with van der Waals surface area (Å²) in [5.41, 5.74) is 2.81. The SMILES string of the molecule is CNC(Cc1ccccc1Cl)c1cc2c(s1)CCCCC2. The van der Waals surface area contributed by atoms with Crippen LogP contribution >= 0.6 is 22.9 Å². The number of halogens is 1. The number of fused-ring (bicyclic) bond motifs is 1. The molecule has 0 spiro atoms. The number of benzene rings is 1. The molecule has 112 valence electrons. The lowest BCUT2D eigenvalue weighted by Crippen LogP contribution is -2.17. The minimum atomic E-state index is 0.363. The van der Waals surface area contributed by atoms with Crippen molar-refractivity contribution in [3.8, 4) is 0 Å². The van der Waals surface area contributed by atoms with Gasteiger partial charge in [0.25, 0.3) is 0 Å². The van der Waals surface area contributed by atoms with Gasteiger partial charge >= 0.3 is 0 Å². The first kappa shape index (κ1) is 15.1. The Labute approximate surface area is 136 Å². The zero-order valence-electron chi connectivity index (χ0n) is 12.5. The number of hydrogen-bond acceptors (Lipinski definition) is 2. The monoisotopic (exact) mass is 319 g/mol. The second-order valence-electron chi connectivity index (χ2n) is 5.79. The molecule has 0 fully saturated rings. The summed E-state index contributed by atoms with van der Waals surface area (Å²) >= 11 is 8.31. The normalized spacial score (nSPS) is 16.3. The van der Waals surface area contributed by atoms with Crippen molar-refractivity contribution in [3.05, 3.63) is 56.2 Å². The molecule has 1 N–H and O–H groups in total. The Morgan fingerprint density at radius 2 is 2.00 bits per heavy atom. The van der Waals surface area contributed by atoms with Crippen molar-refractivity contribution in [2.24, 2.45) is 0 Å². The van der Waals surface area contributed by atoms with E-state index in [1.807, 2.05) is 30.5 Å². The molecule has 2 aromatic rings. The highest BCUT2D eigenvalue weighted by Gasteiger charge is 2.18. The Balaban J connectivity index is 1.82. The topological polar surface area (TPSA) is 12.0 Å². The summed E-state index contributed by atoms with van der Waals surface area (Å²) in [5, 5.41) is 4.34. The lowest BCUT2D eigenvalue weighted by molar-refractivity contribution is 0.601. The largest absolute Gasteiger partial charge is 0.312 e. The Morgan fingerprint density at radius 3 is 2.81 bits per heavy atom. The molecule has 1 atom stereocenters. The quantitative estimate of drug-likeness (QED) is 0.766. The first-order valence-electron chi connectivity index (χ1n) is 7.80. The highest BCUT2D eigenvalue weighted by atomic mass is 35.5. The van der Waals surface area contributed by atoms with Gasteiger partial charge in [-0.05, 0) is 62.4 Å². The number of likely N-dealkylation sites (N-methyl/N-ethyl adjacent to an activating group) is 1. The molecule has 1 aromatic heterocycles. The minimum absolute atomic E-state index is 0.363. The zero-order valence-corrected chi connectivity index (χ0v) is 14.1. The maximum Gasteiger partial charge on any atom is 0.0453 e. The molecule has 0 radical (unpaired) electrons. The lowest BCUT2D eigenvalue weighted by Gasteiger charge is -2.15. The van der Waals surface area contributed by atoms with Gasteiger partial charge in [0.1, 0.15) is 0 Å². The molecule has 3 rings (SSSR count). The lowest BCUT2D eigenvalue weighted by atomic mass is 10.0. The van der Waals surface area contributed by atoms with Gasteiger partial charge in [-0.3, -0.25) is 0 Å². The third kappa shape index (κ3) is 3.50. The molecule has 0 bridgehead atoms. The number of nitrogens with one attached hydrogen (secondary N) is 1. The van der Waals surface area contributed by atoms with Crippen molar-refractivity contribution < 1.29 is 0 Å². The molecule has 0 saturated carbocycles. The summed E-state index contributed by atoms with van der Waals surface area (Å²) < 4.78 is 0. The van der Waals surface area contributed by atoms with Crippen molar-refractivity contribution in [1.82, 2.24) is 5.32 Å². The van der Waals surface area contributed by atoms with Crippen LogP contribution in [0.25, 0.3) is 0 Å². The van der Waals surface area contributed by atoms with Crippen molar-refractivity contribution in [2.45, 2.75) is 44.6 Å². The zero-order chi connectivity index (χ0) is 14.7. The summed E-state index contributed by atoms with van der Waals surface area (Å²) in [5.74, 6) is 0. The fourth-order valence-electron chi connectivity index (χ4n) is 3.09. The predicted molar refractivity (Wildman–Crippen MR) is 92.5 cm³/mol. The van der Waals surface area contributed by atoms with Crippen LogP contribution in [0.2, 0.25) is 5.02 Å².